The smallest absolute Gasteiger partial charge is 0.253 e. The van der Waals surface area contributed by atoms with Crippen molar-refractivity contribution in [1.82, 2.24) is 9.88 Å². The Morgan fingerprint density at radius 3 is 2.59 bits per heavy atom. The Balaban J connectivity index is 1.42. The number of amides is 1. The molecule has 1 amide bonds. The van der Waals surface area contributed by atoms with Gasteiger partial charge in [0.1, 0.15) is 5.75 Å². The minimum absolute atomic E-state index is 0.0439. The van der Waals surface area contributed by atoms with Crippen LogP contribution in [0.4, 0.5) is 0 Å². The second-order valence-electron chi connectivity index (χ2n) is 8.29. The monoisotopic (exact) mass is 436 g/mol. The lowest BCUT2D eigenvalue weighted by atomic mass is 9.89. The molecular weight excluding hydrogens is 404 g/mol. The van der Waals surface area contributed by atoms with E-state index in [0.29, 0.717) is 29.6 Å². The summed E-state index contributed by atoms with van der Waals surface area (Å²) in [5, 5.41) is 1.21. The Kier molecular flexibility index (Phi) is 6.88. The number of piperidine rings is 1. The van der Waals surface area contributed by atoms with E-state index in [1.165, 1.54) is 10.9 Å². The van der Waals surface area contributed by atoms with E-state index in [2.05, 4.69) is 30.2 Å². The number of hydrogen-bond donors (Lipinski definition) is 1. The lowest BCUT2D eigenvalue weighted by Gasteiger charge is -2.32. The highest BCUT2D eigenvalue weighted by Crippen LogP contribution is 2.35. The molecule has 32 heavy (non-hydrogen) atoms. The maximum absolute atomic E-state index is 13.1. The number of unbranched alkanes of at least 4 members (excludes halogenated alkanes) is 1. The number of benzene rings is 2. The standard InChI is InChI=1S/C26H32N2O4/c1-4-5-14-32-24-9-6-19(15-25(24)31-3)26(29)28-12-10-18(11-13-28)22-17-27-23-8-7-20(30-2)16-21(22)23/h6-9,15-18,27H,4-5,10-14H2,1-3H3. The second kappa shape index (κ2) is 9.98. The normalized spacial score (nSPS) is 14.5. The molecule has 4 rings (SSSR count). The van der Waals surface area contributed by atoms with Crippen molar-refractivity contribution >= 4 is 16.8 Å². The molecule has 2 heterocycles. The number of H-pyrrole nitrogens is 1. The molecule has 1 aromatic heterocycles. The lowest BCUT2D eigenvalue weighted by molar-refractivity contribution is 0.0713. The summed E-state index contributed by atoms with van der Waals surface area (Å²) in [4.78, 5) is 18.4. The number of rotatable bonds is 8. The maximum atomic E-state index is 13.1. The highest BCUT2D eigenvalue weighted by molar-refractivity contribution is 5.95. The Morgan fingerprint density at radius 2 is 1.88 bits per heavy atom. The summed E-state index contributed by atoms with van der Waals surface area (Å²) >= 11 is 0. The van der Waals surface area contributed by atoms with Gasteiger partial charge in [-0.15, -0.1) is 0 Å². The molecule has 170 valence electrons. The number of ether oxygens (including phenoxy) is 3. The zero-order chi connectivity index (χ0) is 22.5. The van der Waals surface area contributed by atoms with Crippen molar-refractivity contribution in [3.05, 3.63) is 53.7 Å². The highest BCUT2D eigenvalue weighted by Gasteiger charge is 2.26. The number of aromatic nitrogens is 1. The van der Waals surface area contributed by atoms with Crippen LogP contribution in [0, 0.1) is 0 Å². The Hall–Kier alpha value is -3.15. The first-order valence-electron chi connectivity index (χ1n) is 11.4. The number of nitrogens with zero attached hydrogens (tertiary/aromatic N) is 1. The minimum Gasteiger partial charge on any atom is -0.497 e. The topological polar surface area (TPSA) is 63.8 Å². The summed E-state index contributed by atoms with van der Waals surface area (Å²) < 4.78 is 16.7. The number of carbonyl (C=O) groups excluding carboxylic acids is 1. The van der Waals surface area contributed by atoms with Crippen molar-refractivity contribution in [1.29, 1.82) is 0 Å². The largest absolute Gasteiger partial charge is 0.497 e. The molecule has 1 aliphatic rings. The van der Waals surface area contributed by atoms with Gasteiger partial charge in [0.25, 0.3) is 5.91 Å². The molecule has 0 bridgehead atoms. The number of carbonyl (C=O) groups is 1. The molecule has 1 saturated heterocycles. The average molecular weight is 437 g/mol. The summed E-state index contributed by atoms with van der Waals surface area (Å²) in [7, 11) is 3.30. The van der Waals surface area contributed by atoms with Crippen LogP contribution in [0.15, 0.2) is 42.6 Å². The van der Waals surface area contributed by atoms with Gasteiger partial charge in [-0.3, -0.25) is 4.79 Å². The van der Waals surface area contributed by atoms with Gasteiger partial charge in [-0.2, -0.15) is 0 Å². The Morgan fingerprint density at radius 1 is 1.06 bits per heavy atom. The van der Waals surface area contributed by atoms with Crippen LogP contribution in [-0.4, -0.2) is 49.7 Å². The number of fused-ring (bicyclic) bond motifs is 1. The van der Waals surface area contributed by atoms with E-state index in [1.807, 2.05) is 23.1 Å². The SMILES string of the molecule is CCCCOc1ccc(C(=O)N2CCC(c3c[nH]c4ccc(OC)cc34)CC2)cc1OC. The third-order valence-corrected chi connectivity index (χ3v) is 6.31. The quantitative estimate of drug-likeness (QED) is 0.481. The van der Waals surface area contributed by atoms with Gasteiger partial charge in [0.05, 0.1) is 20.8 Å². The Labute approximate surface area is 189 Å². The summed E-state index contributed by atoms with van der Waals surface area (Å²) in [5.41, 5.74) is 3.06. The van der Waals surface area contributed by atoms with Crippen LogP contribution in [0.3, 0.4) is 0 Å². The first kappa shape index (κ1) is 22.1. The van der Waals surface area contributed by atoms with Crippen molar-refractivity contribution < 1.29 is 19.0 Å². The van der Waals surface area contributed by atoms with E-state index in [0.717, 1.165) is 50.0 Å². The molecule has 3 aromatic rings. The van der Waals surface area contributed by atoms with Crippen LogP contribution < -0.4 is 14.2 Å². The van der Waals surface area contributed by atoms with Crippen LogP contribution in [-0.2, 0) is 0 Å². The van der Waals surface area contributed by atoms with Crippen molar-refractivity contribution in [2.75, 3.05) is 33.9 Å². The first-order chi connectivity index (χ1) is 15.6. The number of aromatic amines is 1. The predicted molar refractivity (Wildman–Crippen MR) is 126 cm³/mol. The van der Waals surface area contributed by atoms with Gasteiger partial charge in [-0.05, 0) is 67.1 Å². The molecule has 0 aliphatic carbocycles. The van der Waals surface area contributed by atoms with Gasteiger partial charge >= 0.3 is 0 Å². The van der Waals surface area contributed by atoms with Gasteiger partial charge in [-0.25, -0.2) is 0 Å². The van der Waals surface area contributed by atoms with Crippen molar-refractivity contribution in [3.8, 4) is 17.2 Å². The van der Waals surface area contributed by atoms with E-state index >= 15 is 0 Å². The average Bonchev–Trinajstić information content (AvgIpc) is 3.27. The molecule has 6 heteroatoms. The predicted octanol–water partition coefficient (Wildman–Crippen LogP) is 5.38. The third-order valence-electron chi connectivity index (χ3n) is 6.31. The molecule has 1 aliphatic heterocycles. The zero-order valence-electron chi connectivity index (χ0n) is 19.1. The van der Waals surface area contributed by atoms with Crippen LogP contribution in [0.25, 0.3) is 10.9 Å². The number of likely N-dealkylation sites (tertiary alicyclic amines) is 1. The van der Waals surface area contributed by atoms with Crippen molar-refractivity contribution in [3.63, 3.8) is 0 Å². The molecule has 0 unspecified atom stereocenters. The number of nitrogens with one attached hydrogen (secondary N) is 1. The van der Waals surface area contributed by atoms with Gasteiger partial charge in [-0.1, -0.05) is 13.3 Å². The van der Waals surface area contributed by atoms with Crippen LogP contribution in [0.1, 0.15) is 54.4 Å². The molecule has 6 nitrogen and oxygen atoms in total. The first-order valence-corrected chi connectivity index (χ1v) is 11.4. The van der Waals surface area contributed by atoms with E-state index in [9.17, 15) is 4.79 Å². The fourth-order valence-corrected chi connectivity index (χ4v) is 4.41. The molecular formula is C26H32N2O4. The molecule has 0 radical (unpaired) electrons. The molecule has 0 spiro atoms. The second-order valence-corrected chi connectivity index (χ2v) is 8.29. The summed E-state index contributed by atoms with van der Waals surface area (Å²) in [6.07, 6.45) is 6.04. The number of methoxy groups -OCH3 is 2. The molecule has 1 N–H and O–H groups in total. The van der Waals surface area contributed by atoms with Gasteiger partial charge in [0.15, 0.2) is 11.5 Å². The van der Waals surface area contributed by atoms with Crippen molar-refractivity contribution in [2.45, 2.75) is 38.5 Å². The summed E-state index contributed by atoms with van der Waals surface area (Å²) in [6, 6.07) is 11.6. The van der Waals surface area contributed by atoms with E-state index in [1.54, 1.807) is 20.3 Å². The molecule has 0 atom stereocenters. The fraction of sp³-hybridized carbons (Fsp3) is 0.423. The van der Waals surface area contributed by atoms with E-state index < -0.39 is 0 Å². The number of hydrogen-bond acceptors (Lipinski definition) is 4. The molecule has 2 aromatic carbocycles. The Bertz CT molecular complexity index is 1070. The summed E-state index contributed by atoms with van der Waals surface area (Å²) in [6.45, 7) is 4.24. The third kappa shape index (κ3) is 4.54. The van der Waals surface area contributed by atoms with E-state index in [4.69, 9.17) is 14.2 Å². The van der Waals surface area contributed by atoms with Gasteiger partial charge < -0.3 is 24.1 Å². The van der Waals surface area contributed by atoms with Crippen LogP contribution in [0.2, 0.25) is 0 Å². The van der Waals surface area contributed by atoms with Crippen LogP contribution >= 0.6 is 0 Å². The lowest BCUT2D eigenvalue weighted by Crippen LogP contribution is -2.37. The fourth-order valence-electron chi connectivity index (χ4n) is 4.41. The van der Waals surface area contributed by atoms with Crippen molar-refractivity contribution in [2.24, 2.45) is 0 Å². The molecule has 1 fully saturated rings. The van der Waals surface area contributed by atoms with Gasteiger partial charge in [0, 0.05) is 35.8 Å². The zero-order valence-corrected chi connectivity index (χ0v) is 19.1. The highest BCUT2D eigenvalue weighted by atomic mass is 16.5. The maximum Gasteiger partial charge on any atom is 0.253 e. The van der Waals surface area contributed by atoms with Gasteiger partial charge in [0.2, 0.25) is 0 Å². The van der Waals surface area contributed by atoms with E-state index in [-0.39, 0.29) is 5.91 Å². The molecule has 0 saturated carbocycles. The minimum atomic E-state index is 0.0439. The van der Waals surface area contributed by atoms with Crippen LogP contribution in [0.5, 0.6) is 17.2 Å². The summed E-state index contributed by atoms with van der Waals surface area (Å²) in [5.74, 6) is 2.62.